The van der Waals surface area contributed by atoms with E-state index < -0.39 is 6.10 Å². The van der Waals surface area contributed by atoms with Gasteiger partial charge in [0.1, 0.15) is 0 Å². The van der Waals surface area contributed by atoms with E-state index in [0.717, 1.165) is 6.42 Å². The molecular weight excluding hydrogens is 218 g/mol. The molecule has 1 atom stereocenters. The predicted octanol–water partition coefficient (Wildman–Crippen LogP) is -0.778. The van der Waals surface area contributed by atoms with Crippen molar-refractivity contribution in [2.24, 2.45) is 0 Å². The summed E-state index contributed by atoms with van der Waals surface area (Å²) in [4.78, 5) is 23.9. The number of aliphatic hydroxyl groups is 2. The van der Waals surface area contributed by atoms with Crippen LogP contribution in [0, 0.1) is 0 Å². The van der Waals surface area contributed by atoms with E-state index in [9.17, 15) is 9.59 Å². The van der Waals surface area contributed by atoms with Gasteiger partial charge in [0.25, 0.3) is 0 Å². The van der Waals surface area contributed by atoms with E-state index in [0.29, 0.717) is 18.7 Å². The highest BCUT2D eigenvalue weighted by Crippen LogP contribution is 2.12. The normalized spacial score (nSPS) is 18.3. The Hall–Kier alpha value is -0.590. The highest BCUT2D eigenvalue weighted by Gasteiger charge is 2.25. The Morgan fingerprint density at radius 2 is 2.33 bits per heavy atom. The van der Waals surface area contributed by atoms with Crippen molar-refractivity contribution in [3.63, 3.8) is 0 Å². The summed E-state index contributed by atoms with van der Waals surface area (Å²) >= 11 is 1.23. The van der Waals surface area contributed by atoms with Crippen molar-refractivity contribution in [2.75, 3.05) is 24.7 Å². The molecule has 0 aliphatic carbocycles. The Balaban J connectivity index is 2.21. The lowest BCUT2D eigenvalue weighted by Crippen LogP contribution is -2.33. The quantitative estimate of drug-likeness (QED) is 0.651. The summed E-state index contributed by atoms with van der Waals surface area (Å²) in [6, 6.07) is 0. The minimum absolute atomic E-state index is 0.108. The van der Waals surface area contributed by atoms with Gasteiger partial charge >= 0.3 is 0 Å². The van der Waals surface area contributed by atoms with Crippen LogP contribution < -0.4 is 0 Å². The van der Waals surface area contributed by atoms with Crippen molar-refractivity contribution in [2.45, 2.75) is 18.9 Å². The SMILES string of the molecule is O=C1CCCN1C(=O)CSCC(O)CO. The molecule has 0 radical (unpaired) electrons. The summed E-state index contributed by atoms with van der Waals surface area (Å²) in [6.45, 7) is 0.213. The van der Waals surface area contributed by atoms with Crippen molar-refractivity contribution in [3.05, 3.63) is 0 Å². The Bertz CT molecular complexity index is 246. The topological polar surface area (TPSA) is 77.8 Å². The fourth-order valence-electron chi connectivity index (χ4n) is 1.32. The van der Waals surface area contributed by atoms with Crippen LogP contribution >= 0.6 is 11.8 Å². The van der Waals surface area contributed by atoms with Crippen molar-refractivity contribution in [3.8, 4) is 0 Å². The summed E-state index contributed by atoms with van der Waals surface area (Å²) in [5.41, 5.74) is 0. The summed E-state index contributed by atoms with van der Waals surface area (Å²) in [7, 11) is 0. The van der Waals surface area contributed by atoms with Crippen LogP contribution in [0.3, 0.4) is 0 Å². The van der Waals surface area contributed by atoms with Crippen LogP contribution in [0.4, 0.5) is 0 Å². The van der Waals surface area contributed by atoms with Gasteiger partial charge in [0.15, 0.2) is 0 Å². The lowest BCUT2D eigenvalue weighted by atomic mass is 10.4. The van der Waals surface area contributed by atoms with Gasteiger partial charge < -0.3 is 10.2 Å². The first-order valence-electron chi connectivity index (χ1n) is 4.85. The molecule has 0 bridgehead atoms. The van der Waals surface area contributed by atoms with E-state index in [1.165, 1.54) is 16.7 Å². The molecule has 1 unspecified atom stereocenters. The van der Waals surface area contributed by atoms with Crippen LogP contribution in [-0.4, -0.2) is 57.7 Å². The molecular formula is C9H15NO4S. The maximum absolute atomic E-state index is 11.5. The lowest BCUT2D eigenvalue weighted by molar-refractivity contribution is -0.140. The van der Waals surface area contributed by atoms with E-state index in [-0.39, 0.29) is 24.2 Å². The first-order chi connectivity index (χ1) is 7.15. The number of hydrogen-bond acceptors (Lipinski definition) is 5. The Labute approximate surface area is 92.4 Å². The van der Waals surface area contributed by atoms with Gasteiger partial charge in [-0.3, -0.25) is 14.5 Å². The Morgan fingerprint density at radius 1 is 1.60 bits per heavy atom. The number of carbonyl (C=O) groups excluding carboxylic acids is 2. The molecule has 1 fully saturated rings. The molecule has 5 nitrogen and oxygen atoms in total. The van der Waals surface area contributed by atoms with Gasteiger partial charge in [0.2, 0.25) is 11.8 Å². The van der Waals surface area contributed by atoms with Gasteiger partial charge in [-0.15, -0.1) is 11.8 Å². The maximum atomic E-state index is 11.5. The lowest BCUT2D eigenvalue weighted by Gasteiger charge is -2.13. The summed E-state index contributed by atoms with van der Waals surface area (Å²) in [5.74, 6) is 0.184. The summed E-state index contributed by atoms with van der Waals surface area (Å²) in [5, 5.41) is 17.6. The van der Waals surface area contributed by atoms with Crippen LogP contribution in [-0.2, 0) is 9.59 Å². The second-order valence-electron chi connectivity index (χ2n) is 3.39. The minimum atomic E-state index is -0.794. The molecule has 15 heavy (non-hydrogen) atoms. The largest absolute Gasteiger partial charge is 0.394 e. The number of thioether (sulfide) groups is 1. The van der Waals surface area contributed by atoms with Crippen LogP contribution in [0.25, 0.3) is 0 Å². The molecule has 6 heteroatoms. The zero-order chi connectivity index (χ0) is 11.3. The van der Waals surface area contributed by atoms with E-state index in [1.54, 1.807) is 0 Å². The van der Waals surface area contributed by atoms with E-state index in [1.807, 2.05) is 0 Å². The van der Waals surface area contributed by atoms with Gasteiger partial charge in [-0.2, -0.15) is 0 Å². The molecule has 86 valence electrons. The van der Waals surface area contributed by atoms with Crippen LogP contribution in [0.5, 0.6) is 0 Å². The zero-order valence-corrected chi connectivity index (χ0v) is 9.20. The molecule has 1 heterocycles. The first-order valence-corrected chi connectivity index (χ1v) is 6.00. The standard InChI is InChI=1S/C9H15NO4S/c11-4-7(12)5-15-6-9(14)10-3-1-2-8(10)13/h7,11-12H,1-6H2. The minimum Gasteiger partial charge on any atom is -0.394 e. The molecule has 2 amide bonds. The average molecular weight is 233 g/mol. The number of imide groups is 1. The second kappa shape index (κ2) is 6.09. The summed E-state index contributed by atoms with van der Waals surface area (Å²) in [6.07, 6.45) is 0.404. The molecule has 0 spiro atoms. The van der Waals surface area contributed by atoms with Crippen LogP contribution in [0.1, 0.15) is 12.8 Å². The first kappa shape index (κ1) is 12.5. The van der Waals surface area contributed by atoms with E-state index in [2.05, 4.69) is 0 Å². The predicted molar refractivity (Wildman–Crippen MR) is 56.4 cm³/mol. The van der Waals surface area contributed by atoms with Gasteiger partial charge in [0.05, 0.1) is 18.5 Å². The van der Waals surface area contributed by atoms with Gasteiger partial charge in [0, 0.05) is 18.7 Å². The smallest absolute Gasteiger partial charge is 0.239 e. The molecule has 0 aromatic heterocycles. The number of nitrogens with zero attached hydrogens (tertiary/aromatic N) is 1. The highest BCUT2D eigenvalue weighted by atomic mass is 32.2. The number of rotatable bonds is 5. The number of amides is 2. The van der Waals surface area contributed by atoms with Crippen molar-refractivity contribution < 1.29 is 19.8 Å². The highest BCUT2D eigenvalue weighted by molar-refractivity contribution is 7.99. The monoisotopic (exact) mass is 233 g/mol. The summed E-state index contributed by atoms with van der Waals surface area (Å²) < 4.78 is 0. The van der Waals surface area contributed by atoms with E-state index >= 15 is 0 Å². The molecule has 0 saturated carbocycles. The average Bonchev–Trinajstić information content (AvgIpc) is 2.64. The van der Waals surface area contributed by atoms with Crippen molar-refractivity contribution >= 4 is 23.6 Å². The third-order valence-electron chi connectivity index (χ3n) is 2.12. The molecule has 1 aliphatic heterocycles. The van der Waals surface area contributed by atoms with Gasteiger partial charge in [-0.1, -0.05) is 0 Å². The van der Waals surface area contributed by atoms with Gasteiger partial charge in [-0.05, 0) is 6.42 Å². The van der Waals surface area contributed by atoms with E-state index in [4.69, 9.17) is 10.2 Å². The molecule has 1 saturated heterocycles. The zero-order valence-electron chi connectivity index (χ0n) is 8.39. The Kier molecular flexibility index (Phi) is 5.07. The number of carbonyl (C=O) groups is 2. The third-order valence-corrected chi connectivity index (χ3v) is 3.19. The van der Waals surface area contributed by atoms with Crippen molar-refractivity contribution in [1.29, 1.82) is 0 Å². The Morgan fingerprint density at radius 3 is 2.87 bits per heavy atom. The number of likely N-dealkylation sites (tertiary alicyclic amines) is 1. The fraction of sp³-hybridized carbons (Fsp3) is 0.778. The molecule has 2 N–H and O–H groups in total. The molecule has 1 aliphatic rings. The molecule has 0 aromatic carbocycles. The third kappa shape index (κ3) is 3.81. The molecule has 0 aromatic rings. The maximum Gasteiger partial charge on any atom is 0.239 e. The molecule has 1 rings (SSSR count). The van der Waals surface area contributed by atoms with Crippen molar-refractivity contribution in [1.82, 2.24) is 4.90 Å². The second-order valence-corrected chi connectivity index (χ2v) is 4.42. The number of aliphatic hydroxyl groups excluding tert-OH is 2. The fourth-order valence-corrected chi connectivity index (χ4v) is 2.15. The van der Waals surface area contributed by atoms with Gasteiger partial charge in [-0.25, -0.2) is 0 Å². The van der Waals surface area contributed by atoms with Crippen LogP contribution in [0.15, 0.2) is 0 Å². The number of hydrogen-bond donors (Lipinski definition) is 2. The van der Waals surface area contributed by atoms with Crippen LogP contribution in [0.2, 0.25) is 0 Å².